The standard InChI is InChI=1S/C24H21NO8/c26-22(25-7-5-15(6-8-25)24(28)29)12-30-16-2-3-17-19(11-16)33-21(23(17)27)10-14-1-4-18-20(9-14)32-13-31-18/h1-4,9-11,15H,5-8,12-13H2,(H,28,29)/b21-10+. The predicted octanol–water partition coefficient (Wildman–Crippen LogP) is 2.73. The lowest BCUT2D eigenvalue weighted by molar-refractivity contribution is -0.146. The molecule has 0 aromatic heterocycles. The van der Waals surface area contributed by atoms with E-state index in [1.165, 1.54) is 0 Å². The number of benzene rings is 2. The molecule has 1 saturated heterocycles. The number of fused-ring (bicyclic) bond motifs is 2. The molecule has 9 nitrogen and oxygen atoms in total. The molecule has 3 heterocycles. The van der Waals surface area contributed by atoms with Gasteiger partial charge in [0.1, 0.15) is 11.5 Å². The van der Waals surface area contributed by atoms with Gasteiger partial charge in [0.05, 0.1) is 11.5 Å². The van der Waals surface area contributed by atoms with Crippen molar-refractivity contribution in [2.45, 2.75) is 12.8 Å². The lowest BCUT2D eigenvalue weighted by Crippen LogP contribution is -2.42. The van der Waals surface area contributed by atoms with Crippen LogP contribution < -0.4 is 18.9 Å². The van der Waals surface area contributed by atoms with Crippen molar-refractivity contribution in [3.8, 4) is 23.0 Å². The highest BCUT2D eigenvalue weighted by molar-refractivity contribution is 6.14. The van der Waals surface area contributed by atoms with Gasteiger partial charge in [-0.25, -0.2) is 0 Å². The van der Waals surface area contributed by atoms with Crippen LogP contribution in [0, 0.1) is 5.92 Å². The van der Waals surface area contributed by atoms with Crippen LogP contribution in [-0.2, 0) is 9.59 Å². The Morgan fingerprint density at radius 2 is 1.85 bits per heavy atom. The predicted molar refractivity (Wildman–Crippen MR) is 114 cm³/mol. The van der Waals surface area contributed by atoms with Crippen molar-refractivity contribution in [1.29, 1.82) is 0 Å². The Labute approximate surface area is 189 Å². The summed E-state index contributed by atoms with van der Waals surface area (Å²) in [6, 6.07) is 10.2. The van der Waals surface area contributed by atoms with Gasteiger partial charge in [-0.05, 0) is 48.7 Å². The molecule has 0 saturated carbocycles. The van der Waals surface area contributed by atoms with Gasteiger partial charge in [-0.3, -0.25) is 14.4 Å². The molecule has 2 aromatic carbocycles. The molecule has 0 spiro atoms. The Balaban J connectivity index is 1.21. The Morgan fingerprint density at radius 1 is 1.06 bits per heavy atom. The van der Waals surface area contributed by atoms with Crippen molar-refractivity contribution < 1.29 is 38.4 Å². The minimum Gasteiger partial charge on any atom is -0.484 e. The smallest absolute Gasteiger partial charge is 0.306 e. The van der Waals surface area contributed by atoms with E-state index in [9.17, 15) is 14.4 Å². The van der Waals surface area contributed by atoms with Crippen LogP contribution in [0.2, 0.25) is 0 Å². The Kier molecular flexibility index (Phi) is 5.37. The number of hydrogen-bond acceptors (Lipinski definition) is 7. The first-order valence-electron chi connectivity index (χ1n) is 10.6. The number of aliphatic carboxylic acids is 1. The van der Waals surface area contributed by atoms with E-state index in [1.54, 1.807) is 47.4 Å². The second kappa shape index (κ2) is 8.50. The average molecular weight is 451 g/mol. The van der Waals surface area contributed by atoms with Gasteiger partial charge in [0.15, 0.2) is 23.9 Å². The number of allylic oxidation sites excluding steroid dienone is 1. The first kappa shape index (κ1) is 20.9. The molecule has 0 radical (unpaired) electrons. The molecule has 9 heteroatoms. The van der Waals surface area contributed by atoms with Crippen molar-refractivity contribution in [2.75, 3.05) is 26.5 Å². The first-order valence-corrected chi connectivity index (χ1v) is 10.6. The number of piperidine rings is 1. The summed E-state index contributed by atoms with van der Waals surface area (Å²) < 4.78 is 22.0. The molecular formula is C24H21NO8. The molecule has 1 fully saturated rings. The molecule has 3 aliphatic rings. The van der Waals surface area contributed by atoms with Gasteiger partial charge in [-0.2, -0.15) is 0 Å². The molecule has 1 N–H and O–H groups in total. The number of amides is 1. The fraction of sp³-hybridized carbons (Fsp3) is 0.292. The molecule has 170 valence electrons. The summed E-state index contributed by atoms with van der Waals surface area (Å²) in [5.74, 6) is 0.532. The molecule has 0 atom stereocenters. The van der Waals surface area contributed by atoms with E-state index in [0.717, 1.165) is 5.56 Å². The first-order chi connectivity index (χ1) is 16.0. The van der Waals surface area contributed by atoms with Gasteiger partial charge in [-0.1, -0.05) is 6.07 Å². The largest absolute Gasteiger partial charge is 0.484 e. The van der Waals surface area contributed by atoms with Crippen LogP contribution in [0.15, 0.2) is 42.2 Å². The quantitative estimate of drug-likeness (QED) is 0.691. The van der Waals surface area contributed by atoms with Gasteiger partial charge < -0.3 is 29.0 Å². The molecular weight excluding hydrogens is 430 g/mol. The van der Waals surface area contributed by atoms with Crippen molar-refractivity contribution in [3.63, 3.8) is 0 Å². The molecule has 0 bridgehead atoms. The van der Waals surface area contributed by atoms with Gasteiger partial charge in [-0.15, -0.1) is 0 Å². The average Bonchev–Trinajstić information content (AvgIpc) is 3.41. The van der Waals surface area contributed by atoms with Crippen LogP contribution in [-0.4, -0.2) is 54.2 Å². The zero-order valence-electron chi connectivity index (χ0n) is 17.6. The number of carboxylic acid groups (broad SMARTS) is 1. The van der Waals surface area contributed by atoms with Gasteiger partial charge in [0.2, 0.25) is 12.6 Å². The van der Waals surface area contributed by atoms with E-state index >= 15 is 0 Å². The van der Waals surface area contributed by atoms with Gasteiger partial charge in [0.25, 0.3) is 5.91 Å². The third kappa shape index (κ3) is 4.21. The second-order valence-corrected chi connectivity index (χ2v) is 7.99. The number of ketones is 1. The zero-order valence-corrected chi connectivity index (χ0v) is 17.6. The number of carbonyl (C=O) groups is 3. The Morgan fingerprint density at radius 3 is 2.64 bits per heavy atom. The maximum atomic E-state index is 12.7. The van der Waals surface area contributed by atoms with Crippen LogP contribution in [0.5, 0.6) is 23.0 Å². The number of nitrogens with zero attached hydrogens (tertiary/aromatic N) is 1. The fourth-order valence-corrected chi connectivity index (χ4v) is 4.02. The van der Waals surface area contributed by atoms with E-state index in [2.05, 4.69) is 0 Å². The van der Waals surface area contributed by atoms with Crippen LogP contribution in [0.4, 0.5) is 0 Å². The molecule has 5 rings (SSSR count). The second-order valence-electron chi connectivity index (χ2n) is 7.99. The number of Topliss-reactive ketones (excluding diaryl/α,β-unsaturated/α-hetero) is 1. The summed E-state index contributed by atoms with van der Waals surface area (Å²) in [4.78, 5) is 37.8. The van der Waals surface area contributed by atoms with E-state index in [1.807, 2.05) is 0 Å². The molecule has 3 aliphatic heterocycles. The highest BCUT2D eigenvalue weighted by Gasteiger charge is 2.29. The highest BCUT2D eigenvalue weighted by atomic mass is 16.7. The zero-order chi connectivity index (χ0) is 22.9. The number of rotatable bonds is 5. The molecule has 33 heavy (non-hydrogen) atoms. The van der Waals surface area contributed by atoms with Gasteiger partial charge in [0, 0.05) is 19.2 Å². The monoisotopic (exact) mass is 451 g/mol. The number of carbonyl (C=O) groups excluding carboxylic acids is 2. The molecule has 0 aliphatic carbocycles. The Hall–Kier alpha value is -4.01. The summed E-state index contributed by atoms with van der Waals surface area (Å²) in [7, 11) is 0. The van der Waals surface area contributed by atoms with E-state index in [4.69, 9.17) is 24.1 Å². The SMILES string of the molecule is O=C1/C(=C\c2ccc3c(c2)OCO3)Oc2cc(OCC(=O)N3CCC(C(=O)O)CC3)ccc21. The lowest BCUT2D eigenvalue weighted by atomic mass is 9.97. The number of carboxylic acids is 1. The van der Waals surface area contributed by atoms with Crippen LogP contribution in [0.25, 0.3) is 6.08 Å². The van der Waals surface area contributed by atoms with Crippen molar-refractivity contribution >= 4 is 23.7 Å². The Bertz CT molecular complexity index is 1160. The molecule has 2 aromatic rings. The summed E-state index contributed by atoms with van der Waals surface area (Å²) in [6.45, 7) is 0.788. The minimum atomic E-state index is -0.821. The van der Waals surface area contributed by atoms with E-state index in [0.29, 0.717) is 54.5 Å². The lowest BCUT2D eigenvalue weighted by Gasteiger charge is -2.30. The minimum absolute atomic E-state index is 0.169. The molecule has 1 amide bonds. The molecule has 0 unspecified atom stereocenters. The maximum Gasteiger partial charge on any atom is 0.306 e. The van der Waals surface area contributed by atoms with Crippen LogP contribution in [0.3, 0.4) is 0 Å². The highest BCUT2D eigenvalue weighted by Crippen LogP contribution is 2.37. The van der Waals surface area contributed by atoms with Crippen LogP contribution >= 0.6 is 0 Å². The third-order valence-corrected chi connectivity index (χ3v) is 5.90. The maximum absolute atomic E-state index is 12.7. The van der Waals surface area contributed by atoms with E-state index < -0.39 is 11.9 Å². The number of hydrogen-bond donors (Lipinski definition) is 1. The summed E-state index contributed by atoms with van der Waals surface area (Å²) >= 11 is 0. The topological polar surface area (TPSA) is 112 Å². The van der Waals surface area contributed by atoms with Crippen molar-refractivity contribution in [2.24, 2.45) is 5.92 Å². The van der Waals surface area contributed by atoms with Crippen LogP contribution in [0.1, 0.15) is 28.8 Å². The summed E-state index contributed by atoms with van der Waals surface area (Å²) in [6.07, 6.45) is 2.51. The number of ether oxygens (including phenoxy) is 4. The third-order valence-electron chi connectivity index (χ3n) is 5.90. The normalized spacial score (nSPS) is 18.2. The summed E-state index contributed by atoms with van der Waals surface area (Å²) in [5, 5.41) is 9.07. The number of likely N-dealkylation sites (tertiary alicyclic amines) is 1. The van der Waals surface area contributed by atoms with E-state index in [-0.39, 0.29) is 30.8 Å². The fourth-order valence-electron chi connectivity index (χ4n) is 4.02. The summed E-state index contributed by atoms with van der Waals surface area (Å²) in [5.41, 5.74) is 1.15. The van der Waals surface area contributed by atoms with Crippen molar-refractivity contribution in [1.82, 2.24) is 4.90 Å². The van der Waals surface area contributed by atoms with Crippen molar-refractivity contribution in [3.05, 3.63) is 53.3 Å². The van der Waals surface area contributed by atoms with Gasteiger partial charge >= 0.3 is 5.97 Å².